The van der Waals surface area contributed by atoms with E-state index in [2.05, 4.69) is 55.2 Å². The van der Waals surface area contributed by atoms with Crippen LogP contribution < -0.4 is 4.74 Å². The molecular weight excluding hydrogens is 378 g/mol. The molecule has 0 N–H and O–H groups in total. The normalized spacial score (nSPS) is 18.8. The molecule has 1 aliphatic carbocycles. The number of aryl methyl sites for hydroxylation is 1. The van der Waals surface area contributed by atoms with Crippen molar-refractivity contribution in [2.24, 2.45) is 11.8 Å². The van der Waals surface area contributed by atoms with Crippen molar-refractivity contribution in [3.8, 4) is 17.0 Å². The van der Waals surface area contributed by atoms with Crippen LogP contribution in [-0.2, 0) is 6.42 Å². The van der Waals surface area contributed by atoms with Gasteiger partial charge in [-0.2, -0.15) is 0 Å². The van der Waals surface area contributed by atoms with Crippen LogP contribution in [0.3, 0.4) is 0 Å². The second-order valence-electron chi connectivity index (χ2n) is 9.53. The molecule has 1 saturated carbocycles. The third kappa shape index (κ3) is 8.31. The maximum atomic E-state index is 5.86. The third-order valence-electron chi connectivity index (χ3n) is 7.14. The maximum absolute atomic E-state index is 5.86. The van der Waals surface area contributed by atoms with E-state index in [-0.39, 0.29) is 0 Å². The molecule has 0 aliphatic heterocycles. The van der Waals surface area contributed by atoms with Crippen LogP contribution in [0.4, 0.5) is 0 Å². The first-order valence-electron chi connectivity index (χ1n) is 13.0. The Morgan fingerprint density at radius 3 is 2.19 bits per heavy atom. The molecule has 170 valence electrons. The summed E-state index contributed by atoms with van der Waals surface area (Å²) in [6, 6.07) is 13.2. The van der Waals surface area contributed by atoms with Gasteiger partial charge in [0, 0.05) is 5.56 Å². The van der Waals surface area contributed by atoms with E-state index in [1.54, 1.807) is 0 Å². The first kappa shape index (κ1) is 23.8. The van der Waals surface area contributed by atoms with Crippen LogP contribution in [0.25, 0.3) is 11.3 Å². The standard InChI is InChI=1S/C29H43NO/c1-3-5-6-7-8-9-22-31-28-20-21-29(30-23-28)27-18-16-26(17-19-27)15-14-25-12-10-24(4-2)11-13-25/h16-21,23-25H,3-15,22H2,1-2H3. The Bertz CT molecular complexity index is 713. The summed E-state index contributed by atoms with van der Waals surface area (Å²) >= 11 is 0. The lowest BCUT2D eigenvalue weighted by Gasteiger charge is -2.27. The van der Waals surface area contributed by atoms with Gasteiger partial charge in [0.1, 0.15) is 5.75 Å². The molecule has 1 aromatic carbocycles. The van der Waals surface area contributed by atoms with E-state index < -0.39 is 0 Å². The van der Waals surface area contributed by atoms with Crippen LogP contribution in [0.1, 0.15) is 96.5 Å². The highest BCUT2D eigenvalue weighted by atomic mass is 16.5. The van der Waals surface area contributed by atoms with Gasteiger partial charge in [0.15, 0.2) is 0 Å². The Labute approximate surface area is 190 Å². The van der Waals surface area contributed by atoms with Crippen molar-refractivity contribution in [1.82, 2.24) is 4.98 Å². The van der Waals surface area contributed by atoms with E-state index in [0.717, 1.165) is 36.3 Å². The lowest BCUT2D eigenvalue weighted by molar-refractivity contribution is 0.259. The molecule has 0 amide bonds. The zero-order valence-electron chi connectivity index (χ0n) is 20.0. The summed E-state index contributed by atoms with van der Waals surface area (Å²) in [6.45, 7) is 5.40. The van der Waals surface area contributed by atoms with E-state index in [9.17, 15) is 0 Å². The first-order valence-corrected chi connectivity index (χ1v) is 13.0. The van der Waals surface area contributed by atoms with Gasteiger partial charge in [0.2, 0.25) is 0 Å². The summed E-state index contributed by atoms with van der Waals surface area (Å²) in [7, 11) is 0. The molecule has 0 radical (unpaired) electrons. The van der Waals surface area contributed by atoms with Crippen molar-refractivity contribution in [2.45, 2.75) is 97.3 Å². The number of aromatic nitrogens is 1. The molecule has 0 saturated heterocycles. The van der Waals surface area contributed by atoms with Gasteiger partial charge in [-0.05, 0) is 48.8 Å². The van der Waals surface area contributed by atoms with Crippen LogP contribution in [0, 0.1) is 11.8 Å². The SMILES string of the molecule is CCCCCCCCOc1ccc(-c2ccc(CCC3CCC(CC)CC3)cc2)nc1. The van der Waals surface area contributed by atoms with Crippen molar-refractivity contribution in [1.29, 1.82) is 0 Å². The number of nitrogens with zero attached hydrogens (tertiary/aromatic N) is 1. The quantitative estimate of drug-likeness (QED) is 0.302. The minimum atomic E-state index is 0.794. The van der Waals surface area contributed by atoms with Gasteiger partial charge in [-0.1, -0.05) is 102 Å². The Kier molecular flexibility index (Phi) is 10.4. The molecule has 2 nitrogen and oxygen atoms in total. The molecule has 0 unspecified atom stereocenters. The number of unbranched alkanes of at least 4 members (excludes halogenated alkanes) is 5. The molecule has 0 spiro atoms. The number of rotatable bonds is 13. The van der Waals surface area contributed by atoms with Crippen LogP contribution in [0.5, 0.6) is 5.75 Å². The molecule has 31 heavy (non-hydrogen) atoms. The molecule has 2 heteroatoms. The molecule has 1 aromatic heterocycles. The van der Waals surface area contributed by atoms with Crippen LogP contribution in [0.15, 0.2) is 42.6 Å². The Balaban J connectivity index is 1.38. The zero-order valence-corrected chi connectivity index (χ0v) is 20.0. The highest BCUT2D eigenvalue weighted by molar-refractivity contribution is 5.59. The topological polar surface area (TPSA) is 22.1 Å². The molecule has 1 heterocycles. The van der Waals surface area contributed by atoms with E-state index >= 15 is 0 Å². The van der Waals surface area contributed by atoms with Crippen molar-refractivity contribution >= 4 is 0 Å². The Morgan fingerprint density at radius 2 is 1.52 bits per heavy atom. The summed E-state index contributed by atoms with van der Waals surface area (Å²) < 4.78 is 5.86. The van der Waals surface area contributed by atoms with E-state index in [1.165, 1.54) is 88.2 Å². The number of hydrogen-bond acceptors (Lipinski definition) is 2. The minimum Gasteiger partial charge on any atom is -0.492 e. The van der Waals surface area contributed by atoms with Crippen LogP contribution >= 0.6 is 0 Å². The van der Waals surface area contributed by atoms with Gasteiger partial charge in [0.05, 0.1) is 18.5 Å². The van der Waals surface area contributed by atoms with Crippen molar-refractivity contribution in [2.75, 3.05) is 6.61 Å². The lowest BCUT2D eigenvalue weighted by Crippen LogP contribution is -2.14. The highest BCUT2D eigenvalue weighted by Crippen LogP contribution is 2.33. The van der Waals surface area contributed by atoms with E-state index in [1.807, 2.05) is 6.20 Å². The average Bonchev–Trinajstić information content (AvgIpc) is 2.83. The van der Waals surface area contributed by atoms with Crippen LogP contribution in [-0.4, -0.2) is 11.6 Å². The minimum absolute atomic E-state index is 0.794. The fourth-order valence-electron chi connectivity index (χ4n) is 4.85. The van der Waals surface area contributed by atoms with Crippen molar-refractivity contribution in [3.05, 3.63) is 48.2 Å². The fourth-order valence-corrected chi connectivity index (χ4v) is 4.85. The van der Waals surface area contributed by atoms with Gasteiger partial charge < -0.3 is 4.74 Å². The second-order valence-corrected chi connectivity index (χ2v) is 9.53. The van der Waals surface area contributed by atoms with E-state index in [0.29, 0.717) is 0 Å². The van der Waals surface area contributed by atoms with Gasteiger partial charge in [-0.15, -0.1) is 0 Å². The number of benzene rings is 1. The number of pyridine rings is 1. The summed E-state index contributed by atoms with van der Waals surface area (Å²) in [5, 5.41) is 0. The maximum Gasteiger partial charge on any atom is 0.137 e. The summed E-state index contributed by atoms with van der Waals surface area (Å²) in [6.07, 6.45) is 19.3. The van der Waals surface area contributed by atoms with Gasteiger partial charge in [-0.25, -0.2) is 0 Å². The molecule has 2 aromatic rings. The molecule has 0 atom stereocenters. The van der Waals surface area contributed by atoms with Crippen molar-refractivity contribution < 1.29 is 4.74 Å². The largest absolute Gasteiger partial charge is 0.492 e. The van der Waals surface area contributed by atoms with E-state index in [4.69, 9.17) is 4.74 Å². The van der Waals surface area contributed by atoms with Gasteiger partial charge in [-0.3, -0.25) is 4.98 Å². The molecule has 0 bridgehead atoms. The predicted octanol–water partition coefficient (Wildman–Crippen LogP) is 8.64. The van der Waals surface area contributed by atoms with Gasteiger partial charge >= 0.3 is 0 Å². The summed E-state index contributed by atoms with van der Waals surface area (Å²) in [5.41, 5.74) is 3.67. The Morgan fingerprint density at radius 1 is 0.806 bits per heavy atom. The van der Waals surface area contributed by atoms with Crippen LogP contribution in [0.2, 0.25) is 0 Å². The molecule has 1 aliphatic rings. The highest BCUT2D eigenvalue weighted by Gasteiger charge is 2.19. The average molecular weight is 422 g/mol. The predicted molar refractivity (Wildman–Crippen MR) is 133 cm³/mol. The monoisotopic (exact) mass is 421 g/mol. The lowest BCUT2D eigenvalue weighted by atomic mass is 9.78. The summed E-state index contributed by atoms with van der Waals surface area (Å²) in [4.78, 5) is 4.63. The smallest absolute Gasteiger partial charge is 0.137 e. The zero-order chi connectivity index (χ0) is 21.7. The molecule has 3 rings (SSSR count). The number of ether oxygens (including phenoxy) is 1. The first-order chi connectivity index (χ1) is 15.3. The summed E-state index contributed by atoms with van der Waals surface area (Å²) in [5.74, 6) is 2.81. The molecule has 1 fully saturated rings. The Hall–Kier alpha value is -1.83. The second kappa shape index (κ2) is 13.6. The number of hydrogen-bond donors (Lipinski definition) is 0. The van der Waals surface area contributed by atoms with Gasteiger partial charge in [0.25, 0.3) is 0 Å². The third-order valence-corrected chi connectivity index (χ3v) is 7.14. The molecular formula is C29H43NO. The fraction of sp³-hybridized carbons (Fsp3) is 0.621. The van der Waals surface area contributed by atoms with Crippen molar-refractivity contribution in [3.63, 3.8) is 0 Å².